The van der Waals surface area contributed by atoms with Crippen LogP contribution in [0, 0.1) is 12.8 Å². The zero-order chi connectivity index (χ0) is 26.8. The molecule has 0 heterocycles. The first-order valence-electron chi connectivity index (χ1n) is 12.9. The molecule has 0 aliphatic rings. The molecule has 0 radical (unpaired) electrons. The Hall–Kier alpha value is -2.57. The highest BCUT2D eigenvalue weighted by Crippen LogP contribution is 2.27. The lowest BCUT2D eigenvalue weighted by molar-refractivity contribution is -0.143. The Labute approximate surface area is 212 Å². The van der Waals surface area contributed by atoms with E-state index in [4.69, 9.17) is 4.74 Å². The Morgan fingerprint density at radius 3 is 2.23 bits per heavy atom. The summed E-state index contributed by atoms with van der Waals surface area (Å²) in [7, 11) is 0. The number of carbonyl (C=O) groups excluding carboxylic acids is 3. The average molecular weight is 490 g/mol. The lowest BCUT2D eigenvalue weighted by atomic mass is 9.97. The van der Waals surface area contributed by atoms with Gasteiger partial charge in [-0.15, -0.1) is 0 Å². The minimum Gasteiger partial charge on any atom is -0.444 e. The first-order chi connectivity index (χ1) is 16.2. The second kappa shape index (κ2) is 14.1. The van der Waals surface area contributed by atoms with E-state index >= 15 is 0 Å². The van der Waals surface area contributed by atoms with E-state index in [0.717, 1.165) is 36.8 Å². The van der Waals surface area contributed by atoms with Crippen LogP contribution in [0.4, 0.5) is 4.79 Å². The van der Waals surface area contributed by atoms with Crippen molar-refractivity contribution >= 4 is 17.9 Å². The number of aryl methyl sites for hydroxylation is 1. The van der Waals surface area contributed by atoms with Crippen LogP contribution in [0.25, 0.3) is 0 Å². The summed E-state index contributed by atoms with van der Waals surface area (Å²) in [5.74, 6) is -0.0689. The number of ether oxygens (including phenoxy) is 1. The molecule has 0 saturated carbocycles. The molecule has 7 nitrogen and oxygen atoms in total. The summed E-state index contributed by atoms with van der Waals surface area (Å²) in [5, 5.41) is 5.68. The van der Waals surface area contributed by atoms with Gasteiger partial charge in [-0.2, -0.15) is 0 Å². The largest absolute Gasteiger partial charge is 0.444 e. The van der Waals surface area contributed by atoms with Crippen molar-refractivity contribution in [3.8, 4) is 0 Å². The fourth-order valence-electron chi connectivity index (χ4n) is 4.02. The molecule has 3 amide bonds. The van der Waals surface area contributed by atoms with Crippen LogP contribution < -0.4 is 10.6 Å². The molecular formula is C28H47N3O4. The van der Waals surface area contributed by atoms with Crippen LogP contribution in [-0.4, -0.2) is 47.0 Å². The van der Waals surface area contributed by atoms with Gasteiger partial charge in [0.05, 0.1) is 0 Å². The Bertz CT molecular complexity index is 832. The first-order valence-corrected chi connectivity index (χ1v) is 12.9. The Kier molecular flexibility index (Phi) is 12.3. The summed E-state index contributed by atoms with van der Waals surface area (Å²) in [6, 6.07) is 6.69. The van der Waals surface area contributed by atoms with Crippen LogP contribution in [0.3, 0.4) is 0 Å². The smallest absolute Gasteiger partial charge is 0.408 e. The summed E-state index contributed by atoms with van der Waals surface area (Å²) in [5.41, 5.74) is 1.10. The van der Waals surface area contributed by atoms with Crippen LogP contribution in [0.2, 0.25) is 0 Å². The van der Waals surface area contributed by atoms with Gasteiger partial charge in [-0.05, 0) is 72.3 Å². The van der Waals surface area contributed by atoms with Crippen molar-refractivity contribution < 1.29 is 19.1 Å². The molecule has 0 spiro atoms. The standard InChI is InChI=1S/C28H47N3O4/c1-10-12-21(5)30-26(33)25(23-14-11-13-20(4)17-23)31(22(6)16-15-19(2)3)24(32)18-29-27(34)35-28(7,8)9/h11,13-14,17,19,21-22,25H,10,12,15-16,18H2,1-9H3,(H,29,34)(H,30,33). The van der Waals surface area contributed by atoms with Gasteiger partial charge in [0.25, 0.3) is 0 Å². The fraction of sp³-hybridized carbons (Fsp3) is 0.679. The van der Waals surface area contributed by atoms with Gasteiger partial charge in [0.1, 0.15) is 18.2 Å². The fourth-order valence-corrected chi connectivity index (χ4v) is 4.02. The molecule has 1 aromatic rings. The molecule has 0 aromatic heterocycles. The Morgan fingerprint density at radius 1 is 1.03 bits per heavy atom. The number of nitrogens with one attached hydrogen (secondary N) is 2. The van der Waals surface area contributed by atoms with Crippen molar-refractivity contribution in [1.29, 1.82) is 0 Å². The lowest BCUT2D eigenvalue weighted by Gasteiger charge is -2.37. The highest BCUT2D eigenvalue weighted by molar-refractivity contribution is 5.90. The van der Waals surface area contributed by atoms with E-state index < -0.39 is 17.7 Å². The molecule has 3 atom stereocenters. The minimum atomic E-state index is -0.802. The van der Waals surface area contributed by atoms with E-state index in [9.17, 15) is 14.4 Å². The third-order valence-electron chi connectivity index (χ3n) is 5.70. The molecule has 0 saturated heterocycles. The van der Waals surface area contributed by atoms with E-state index in [1.807, 2.05) is 45.0 Å². The van der Waals surface area contributed by atoms with Gasteiger partial charge in [0.2, 0.25) is 11.8 Å². The maximum absolute atomic E-state index is 13.6. The molecule has 0 fully saturated rings. The summed E-state index contributed by atoms with van der Waals surface area (Å²) >= 11 is 0. The van der Waals surface area contributed by atoms with E-state index in [1.165, 1.54) is 0 Å². The third kappa shape index (κ3) is 11.1. The van der Waals surface area contributed by atoms with Crippen LogP contribution >= 0.6 is 0 Å². The summed E-state index contributed by atoms with van der Waals surface area (Å²) < 4.78 is 5.30. The average Bonchev–Trinajstić information content (AvgIpc) is 2.72. The number of benzene rings is 1. The van der Waals surface area contributed by atoms with Gasteiger partial charge >= 0.3 is 6.09 Å². The van der Waals surface area contributed by atoms with Crippen molar-refractivity contribution in [3.05, 3.63) is 35.4 Å². The van der Waals surface area contributed by atoms with Crippen LogP contribution in [0.5, 0.6) is 0 Å². The second-order valence-corrected chi connectivity index (χ2v) is 11.0. The second-order valence-electron chi connectivity index (χ2n) is 11.0. The normalized spacial score (nSPS) is 14.1. The molecule has 3 unspecified atom stereocenters. The number of nitrogens with zero attached hydrogens (tertiary/aromatic N) is 1. The quantitative estimate of drug-likeness (QED) is 0.405. The first kappa shape index (κ1) is 30.5. The number of alkyl carbamates (subject to hydrolysis) is 1. The van der Waals surface area contributed by atoms with Gasteiger partial charge in [-0.1, -0.05) is 57.0 Å². The van der Waals surface area contributed by atoms with Crippen molar-refractivity contribution in [2.24, 2.45) is 5.92 Å². The number of hydrogen-bond acceptors (Lipinski definition) is 4. The van der Waals surface area contributed by atoms with E-state index in [1.54, 1.807) is 25.7 Å². The van der Waals surface area contributed by atoms with Crippen molar-refractivity contribution in [3.63, 3.8) is 0 Å². The summed E-state index contributed by atoms with van der Waals surface area (Å²) in [4.78, 5) is 41.1. The van der Waals surface area contributed by atoms with Gasteiger partial charge < -0.3 is 20.3 Å². The van der Waals surface area contributed by atoms with Gasteiger partial charge in [0, 0.05) is 12.1 Å². The SMILES string of the molecule is CCCC(C)NC(=O)C(c1cccc(C)c1)N(C(=O)CNC(=O)OC(C)(C)C)C(C)CCC(C)C. The van der Waals surface area contributed by atoms with Gasteiger partial charge in [-0.25, -0.2) is 4.79 Å². The summed E-state index contributed by atoms with van der Waals surface area (Å²) in [6.45, 7) is 17.3. The predicted octanol–water partition coefficient (Wildman–Crippen LogP) is 5.52. The van der Waals surface area contributed by atoms with Gasteiger partial charge in [0.15, 0.2) is 0 Å². The molecule has 1 aromatic carbocycles. The Morgan fingerprint density at radius 2 is 1.69 bits per heavy atom. The highest BCUT2D eigenvalue weighted by atomic mass is 16.6. The molecule has 7 heteroatoms. The van der Waals surface area contributed by atoms with Crippen molar-refractivity contribution in [2.75, 3.05) is 6.54 Å². The lowest BCUT2D eigenvalue weighted by Crippen LogP contribution is -2.52. The van der Waals surface area contributed by atoms with Crippen LogP contribution in [0.1, 0.15) is 98.2 Å². The Balaban J connectivity index is 3.34. The molecule has 198 valence electrons. The maximum Gasteiger partial charge on any atom is 0.408 e. The number of amides is 3. The van der Waals surface area contributed by atoms with E-state index in [0.29, 0.717) is 5.92 Å². The number of carbonyl (C=O) groups is 3. The molecule has 0 bridgehead atoms. The van der Waals surface area contributed by atoms with E-state index in [2.05, 4.69) is 31.4 Å². The highest BCUT2D eigenvalue weighted by Gasteiger charge is 2.35. The number of rotatable bonds is 12. The maximum atomic E-state index is 13.6. The van der Waals surface area contributed by atoms with E-state index in [-0.39, 0.29) is 30.4 Å². The molecule has 1 rings (SSSR count). The topological polar surface area (TPSA) is 87.7 Å². The number of hydrogen-bond donors (Lipinski definition) is 2. The van der Waals surface area contributed by atoms with Crippen LogP contribution in [0.15, 0.2) is 24.3 Å². The predicted molar refractivity (Wildman–Crippen MR) is 141 cm³/mol. The molecule has 0 aliphatic heterocycles. The molecule has 2 N–H and O–H groups in total. The zero-order valence-electron chi connectivity index (χ0n) is 23.2. The molecule has 35 heavy (non-hydrogen) atoms. The molecule has 0 aliphatic carbocycles. The minimum absolute atomic E-state index is 0.0115. The van der Waals surface area contributed by atoms with Crippen molar-refractivity contribution in [1.82, 2.24) is 15.5 Å². The third-order valence-corrected chi connectivity index (χ3v) is 5.70. The summed E-state index contributed by atoms with van der Waals surface area (Å²) in [6.07, 6.45) is 2.80. The van der Waals surface area contributed by atoms with Crippen LogP contribution in [-0.2, 0) is 14.3 Å². The zero-order valence-corrected chi connectivity index (χ0v) is 23.2. The van der Waals surface area contributed by atoms with Crippen molar-refractivity contribution in [2.45, 2.75) is 112 Å². The molecular weight excluding hydrogens is 442 g/mol. The monoisotopic (exact) mass is 489 g/mol. The van der Waals surface area contributed by atoms with Gasteiger partial charge in [-0.3, -0.25) is 9.59 Å².